The molecule has 6 nitrogen and oxygen atoms in total. The maximum Gasteiger partial charge on any atom is 0.238 e. The van der Waals surface area contributed by atoms with Crippen molar-refractivity contribution in [3.05, 3.63) is 54.1 Å². The number of piperidine rings is 1. The first kappa shape index (κ1) is 19.9. The summed E-state index contributed by atoms with van der Waals surface area (Å²) < 4.78 is 17.2. The van der Waals surface area contributed by atoms with E-state index in [0.29, 0.717) is 37.1 Å². The molecule has 0 aliphatic carbocycles. The second kappa shape index (κ2) is 9.39. The number of anilines is 1. The number of rotatable bonds is 6. The fourth-order valence-electron chi connectivity index (χ4n) is 3.82. The smallest absolute Gasteiger partial charge is 0.238 e. The molecule has 2 saturated heterocycles. The van der Waals surface area contributed by atoms with Crippen LogP contribution in [-0.2, 0) is 14.3 Å². The Kier molecular flexibility index (Phi) is 6.44. The summed E-state index contributed by atoms with van der Waals surface area (Å²) in [4.78, 5) is 14.8. The summed E-state index contributed by atoms with van der Waals surface area (Å²) in [5.74, 6) is 1.78. The zero-order valence-corrected chi connectivity index (χ0v) is 16.8. The van der Waals surface area contributed by atoms with Crippen LogP contribution in [0.5, 0.6) is 11.5 Å². The lowest BCUT2D eigenvalue weighted by molar-refractivity contribution is -0.119. The summed E-state index contributed by atoms with van der Waals surface area (Å²) in [6.45, 7) is 5.55. The molecule has 0 saturated carbocycles. The zero-order valence-electron chi connectivity index (χ0n) is 16.8. The van der Waals surface area contributed by atoms with E-state index < -0.39 is 0 Å². The number of hydrogen-bond acceptors (Lipinski definition) is 5. The summed E-state index contributed by atoms with van der Waals surface area (Å²) in [7, 11) is 0. The van der Waals surface area contributed by atoms with Gasteiger partial charge in [0.1, 0.15) is 5.75 Å². The van der Waals surface area contributed by atoms with Gasteiger partial charge in [0.25, 0.3) is 0 Å². The number of nitrogens with zero attached hydrogens (tertiary/aromatic N) is 1. The number of ether oxygens (including phenoxy) is 3. The van der Waals surface area contributed by atoms with Crippen molar-refractivity contribution in [3.8, 4) is 11.5 Å². The van der Waals surface area contributed by atoms with Gasteiger partial charge in [0.05, 0.1) is 25.4 Å². The number of carbonyl (C=O) groups excluding carboxylic acids is 1. The first-order chi connectivity index (χ1) is 14.2. The van der Waals surface area contributed by atoms with E-state index in [-0.39, 0.29) is 12.2 Å². The Morgan fingerprint density at radius 3 is 2.48 bits per heavy atom. The predicted molar refractivity (Wildman–Crippen MR) is 111 cm³/mol. The number of benzene rings is 2. The van der Waals surface area contributed by atoms with E-state index in [9.17, 15) is 4.79 Å². The fraction of sp³-hybridized carbons (Fsp3) is 0.435. The molecule has 0 atom stereocenters. The fourth-order valence-corrected chi connectivity index (χ4v) is 3.82. The Bertz CT molecular complexity index is 810. The SMILES string of the molecule is Cc1ccc(Oc2ccccc2NC(=O)CN2CCC(C3OCCO3)CC2)cc1. The molecular weight excluding hydrogens is 368 g/mol. The van der Waals surface area contributed by atoms with E-state index in [1.807, 2.05) is 55.5 Å². The van der Waals surface area contributed by atoms with E-state index in [1.165, 1.54) is 5.56 Å². The van der Waals surface area contributed by atoms with Gasteiger partial charge in [0.2, 0.25) is 5.91 Å². The maximum absolute atomic E-state index is 12.6. The third kappa shape index (κ3) is 5.35. The van der Waals surface area contributed by atoms with Gasteiger partial charge in [0.15, 0.2) is 12.0 Å². The highest BCUT2D eigenvalue weighted by Gasteiger charge is 2.30. The van der Waals surface area contributed by atoms with Crippen molar-refractivity contribution < 1.29 is 19.0 Å². The number of amides is 1. The molecule has 6 heteroatoms. The highest BCUT2D eigenvalue weighted by molar-refractivity contribution is 5.93. The molecule has 0 unspecified atom stereocenters. The third-order valence-electron chi connectivity index (χ3n) is 5.44. The minimum atomic E-state index is -0.0585. The standard InChI is InChI=1S/C23H28N2O4/c1-17-6-8-19(9-7-17)29-21-5-3-2-4-20(21)24-22(26)16-25-12-10-18(11-13-25)23-27-14-15-28-23/h2-9,18,23H,10-16H2,1H3,(H,24,26). The third-order valence-corrected chi connectivity index (χ3v) is 5.44. The Morgan fingerprint density at radius 2 is 1.76 bits per heavy atom. The average Bonchev–Trinajstić information content (AvgIpc) is 3.26. The average molecular weight is 396 g/mol. The Hall–Kier alpha value is -2.41. The molecular formula is C23H28N2O4. The summed E-state index contributed by atoms with van der Waals surface area (Å²) in [5, 5.41) is 3.00. The Labute approximate surface area is 171 Å². The lowest BCUT2D eigenvalue weighted by atomic mass is 9.96. The van der Waals surface area contributed by atoms with Crippen molar-refractivity contribution in [2.24, 2.45) is 5.92 Å². The van der Waals surface area contributed by atoms with E-state index in [2.05, 4.69) is 10.2 Å². The molecule has 1 N–H and O–H groups in total. The summed E-state index contributed by atoms with van der Waals surface area (Å²) >= 11 is 0. The minimum Gasteiger partial charge on any atom is -0.455 e. The van der Waals surface area contributed by atoms with Gasteiger partial charge in [-0.05, 0) is 57.1 Å². The number of likely N-dealkylation sites (tertiary alicyclic amines) is 1. The summed E-state index contributed by atoms with van der Waals surface area (Å²) in [5.41, 5.74) is 1.86. The van der Waals surface area contributed by atoms with Crippen molar-refractivity contribution in [2.75, 3.05) is 38.2 Å². The van der Waals surface area contributed by atoms with Crippen LogP contribution in [-0.4, -0.2) is 49.9 Å². The lowest BCUT2D eigenvalue weighted by Gasteiger charge is -2.33. The van der Waals surface area contributed by atoms with Gasteiger partial charge in [-0.2, -0.15) is 0 Å². The van der Waals surface area contributed by atoms with E-state index in [0.717, 1.165) is 31.7 Å². The molecule has 2 aliphatic heterocycles. The molecule has 154 valence electrons. The molecule has 0 aromatic heterocycles. The highest BCUT2D eigenvalue weighted by Crippen LogP contribution is 2.30. The van der Waals surface area contributed by atoms with Crippen LogP contribution in [0.25, 0.3) is 0 Å². The van der Waals surface area contributed by atoms with Crippen LogP contribution >= 0.6 is 0 Å². The molecule has 2 heterocycles. The van der Waals surface area contributed by atoms with Gasteiger partial charge in [-0.1, -0.05) is 29.8 Å². The van der Waals surface area contributed by atoms with E-state index in [1.54, 1.807) is 0 Å². The van der Waals surface area contributed by atoms with Gasteiger partial charge in [0, 0.05) is 5.92 Å². The van der Waals surface area contributed by atoms with E-state index >= 15 is 0 Å². The summed E-state index contributed by atoms with van der Waals surface area (Å²) in [6.07, 6.45) is 1.92. The maximum atomic E-state index is 12.6. The van der Waals surface area contributed by atoms with Crippen LogP contribution in [0.1, 0.15) is 18.4 Å². The molecule has 29 heavy (non-hydrogen) atoms. The molecule has 0 bridgehead atoms. The van der Waals surface area contributed by atoms with Crippen LogP contribution < -0.4 is 10.1 Å². The first-order valence-electron chi connectivity index (χ1n) is 10.3. The molecule has 2 aromatic carbocycles. The Balaban J connectivity index is 1.30. The van der Waals surface area contributed by atoms with Gasteiger partial charge in [-0.15, -0.1) is 0 Å². The van der Waals surface area contributed by atoms with Crippen molar-refractivity contribution in [3.63, 3.8) is 0 Å². The van der Waals surface area contributed by atoms with Crippen LogP contribution in [0.2, 0.25) is 0 Å². The lowest BCUT2D eigenvalue weighted by Crippen LogP contribution is -2.41. The number of nitrogens with one attached hydrogen (secondary N) is 1. The zero-order chi connectivity index (χ0) is 20.1. The quantitative estimate of drug-likeness (QED) is 0.805. The second-order valence-electron chi connectivity index (χ2n) is 7.68. The van der Waals surface area contributed by atoms with Gasteiger partial charge in [-0.25, -0.2) is 0 Å². The first-order valence-corrected chi connectivity index (χ1v) is 10.3. The van der Waals surface area contributed by atoms with Crippen molar-refractivity contribution in [1.29, 1.82) is 0 Å². The van der Waals surface area contributed by atoms with E-state index in [4.69, 9.17) is 14.2 Å². The minimum absolute atomic E-state index is 0.0308. The van der Waals surface area contributed by atoms with Crippen molar-refractivity contribution in [2.45, 2.75) is 26.1 Å². The molecule has 1 amide bonds. The van der Waals surface area contributed by atoms with Crippen molar-refractivity contribution in [1.82, 2.24) is 4.90 Å². The van der Waals surface area contributed by atoms with Crippen LogP contribution in [0.15, 0.2) is 48.5 Å². The molecule has 2 aromatic rings. The molecule has 0 spiro atoms. The normalized spacial score (nSPS) is 18.7. The number of carbonyl (C=O) groups is 1. The molecule has 4 rings (SSSR count). The van der Waals surface area contributed by atoms with Crippen LogP contribution in [0.3, 0.4) is 0 Å². The van der Waals surface area contributed by atoms with Crippen LogP contribution in [0, 0.1) is 12.8 Å². The van der Waals surface area contributed by atoms with Crippen molar-refractivity contribution >= 4 is 11.6 Å². The topological polar surface area (TPSA) is 60.0 Å². The molecule has 2 fully saturated rings. The number of aryl methyl sites for hydroxylation is 1. The molecule has 0 radical (unpaired) electrons. The largest absolute Gasteiger partial charge is 0.455 e. The Morgan fingerprint density at radius 1 is 1.07 bits per heavy atom. The second-order valence-corrected chi connectivity index (χ2v) is 7.68. The van der Waals surface area contributed by atoms with Crippen LogP contribution in [0.4, 0.5) is 5.69 Å². The molecule has 2 aliphatic rings. The predicted octanol–water partition coefficient (Wildman–Crippen LogP) is 3.81. The summed E-state index contributed by atoms with van der Waals surface area (Å²) in [6, 6.07) is 15.4. The number of hydrogen-bond donors (Lipinski definition) is 1. The number of para-hydroxylation sites is 2. The van der Waals surface area contributed by atoms with Gasteiger partial charge < -0.3 is 19.5 Å². The highest BCUT2D eigenvalue weighted by atomic mass is 16.7. The van der Waals surface area contributed by atoms with Gasteiger partial charge >= 0.3 is 0 Å². The monoisotopic (exact) mass is 396 g/mol. The van der Waals surface area contributed by atoms with Gasteiger partial charge in [-0.3, -0.25) is 9.69 Å².